The summed E-state index contributed by atoms with van der Waals surface area (Å²) >= 11 is 0. The standard InChI is InChI=1S/C30H32NO2P/c1-20-14-15-23-10-4-7-13-26(23)31(20)34-32-27-18-16-21-8-2-5-11-24(21)29(27)30-25-12-6-3-9-22(25)17-19-28(30)33-34/h4,7,10,13,16-20H,2-3,5-6,8-9,11-12,14-15H2,1H3/t20-/m1/s1. The summed E-state index contributed by atoms with van der Waals surface area (Å²) in [5, 5.41) is 2.68. The van der Waals surface area contributed by atoms with Gasteiger partial charge in [-0.05, 0) is 117 Å². The van der Waals surface area contributed by atoms with Crippen molar-refractivity contribution in [2.45, 2.75) is 77.2 Å². The second-order valence-corrected chi connectivity index (χ2v) is 11.6. The fourth-order valence-electron chi connectivity index (χ4n) is 6.51. The van der Waals surface area contributed by atoms with Gasteiger partial charge in [-0.15, -0.1) is 0 Å². The van der Waals surface area contributed by atoms with Gasteiger partial charge in [-0.3, -0.25) is 4.67 Å². The Hall–Kier alpha value is -2.64. The molecule has 2 aliphatic carbocycles. The molecule has 0 saturated heterocycles. The molecule has 4 heteroatoms. The summed E-state index contributed by atoms with van der Waals surface area (Å²) in [4.78, 5) is 0. The number of benzene rings is 3. The lowest BCUT2D eigenvalue weighted by Gasteiger charge is -2.33. The van der Waals surface area contributed by atoms with Crippen LogP contribution in [0.1, 0.15) is 66.8 Å². The lowest BCUT2D eigenvalue weighted by molar-refractivity contribution is 0.584. The van der Waals surface area contributed by atoms with Crippen LogP contribution in [0.25, 0.3) is 21.9 Å². The van der Waals surface area contributed by atoms with E-state index in [1.807, 2.05) is 0 Å². The molecule has 1 aliphatic heterocycles. The first-order chi connectivity index (χ1) is 16.8. The maximum atomic E-state index is 6.93. The molecule has 0 unspecified atom stereocenters. The molecule has 1 aromatic heterocycles. The molecule has 0 amide bonds. The van der Waals surface area contributed by atoms with Crippen molar-refractivity contribution in [3.8, 4) is 0 Å². The number of anilines is 1. The summed E-state index contributed by atoms with van der Waals surface area (Å²) in [6.07, 6.45) is 12.0. The van der Waals surface area contributed by atoms with E-state index in [0.717, 1.165) is 36.8 Å². The van der Waals surface area contributed by atoms with Crippen molar-refractivity contribution < 1.29 is 8.39 Å². The van der Waals surface area contributed by atoms with Gasteiger partial charge in [-0.2, -0.15) is 0 Å². The summed E-state index contributed by atoms with van der Waals surface area (Å²) < 4.78 is 16.3. The molecular formula is C30H32NO2P. The van der Waals surface area contributed by atoms with Gasteiger partial charge in [0.05, 0.1) is 5.69 Å². The Morgan fingerprint density at radius 2 is 1.26 bits per heavy atom. The molecule has 3 nitrogen and oxygen atoms in total. The predicted molar refractivity (Wildman–Crippen MR) is 142 cm³/mol. The van der Waals surface area contributed by atoms with Gasteiger partial charge in [0.15, 0.2) is 0 Å². The van der Waals surface area contributed by atoms with E-state index in [4.69, 9.17) is 8.39 Å². The zero-order valence-corrected chi connectivity index (χ0v) is 20.9. The molecule has 3 aromatic carbocycles. The van der Waals surface area contributed by atoms with E-state index in [1.54, 1.807) is 0 Å². The smallest absolute Gasteiger partial charge is 0.341 e. The normalized spacial score (nSPS) is 19.6. The minimum Gasteiger partial charge on any atom is -0.404 e. The maximum absolute atomic E-state index is 6.93. The SMILES string of the molecule is C[C@@H]1CCc2ccccc2N1p1oc2ccc3c(c2c2c4c(ccc2o1)CCCC4)CCCC3. The lowest BCUT2D eigenvalue weighted by Crippen LogP contribution is -2.30. The van der Waals surface area contributed by atoms with Crippen molar-refractivity contribution in [3.63, 3.8) is 0 Å². The number of fused-ring (bicyclic) bond motifs is 8. The van der Waals surface area contributed by atoms with Crippen molar-refractivity contribution in [3.05, 3.63) is 76.3 Å². The first kappa shape index (κ1) is 20.7. The van der Waals surface area contributed by atoms with E-state index < -0.39 is 8.16 Å². The summed E-state index contributed by atoms with van der Waals surface area (Å²) in [7, 11) is -1.31. The predicted octanol–water partition coefficient (Wildman–Crippen LogP) is 8.65. The second kappa shape index (κ2) is 8.24. The first-order valence-corrected chi connectivity index (χ1v) is 14.2. The van der Waals surface area contributed by atoms with E-state index in [2.05, 4.69) is 60.1 Å². The van der Waals surface area contributed by atoms with Crippen LogP contribution in [0.15, 0.2) is 56.9 Å². The molecule has 2 heterocycles. The molecule has 7 rings (SSSR count). The van der Waals surface area contributed by atoms with Crippen LogP contribution in [-0.2, 0) is 32.1 Å². The molecule has 0 fully saturated rings. The summed E-state index contributed by atoms with van der Waals surface area (Å²) in [6.45, 7) is 2.32. The molecular weight excluding hydrogens is 437 g/mol. The van der Waals surface area contributed by atoms with Crippen LogP contribution in [0.5, 0.6) is 0 Å². The van der Waals surface area contributed by atoms with Crippen LogP contribution in [0.4, 0.5) is 5.69 Å². The molecule has 0 N–H and O–H groups in total. The van der Waals surface area contributed by atoms with Gasteiger partial charge >= 0.3 is 8.16 Å². The van der Waals surface area contributed by atoms with E-state index in [9.17, 15) is 0 Å². The van der Waals surface area contributed by atoms with Gasteiger partial charge < -0.3 is 8.39 Å². The van der Waals surface area contributed by atoms with Crippen molar-refractivity contribution in [2.75, 3.05) is 4.67 Å². The minimum absolute atomic E-state index is 0.376. The van der Waals surface area contributed by atoms with Crippen LogP contribution in [-0.4, -0.2) is 6.04 Å². The zero-order chi connectivity index (χ0) is 22.6. The highest BCUT2D eigenvalue weighted by Gasteiger charge is 2.29. The summed E-state index contributed by atoms with van der Waals surface area (Å²) in [5.74, 6) is 0. The number of rotatable bonds is 1. The monoisotopic (exact) mass is 469 g/mol. The van der Waals surface area contributed by atoms with Gasteiger partial charge in [-0.25, -0.2) is 0 Å². The quantitative estimate of drug-likeness (QED) is 0.279. The summed E-state index contributed by atoms with van der Waals surface area (Å²) in [6, 6.07) is 18.3. The molecule has 3 aliphatic rings. The van der Waals surface area contributed by atoms with Crippen LogP contribution < -0.4 is 4.67 Å². The Morgan fingerprint density at radius 1 is 0.676 bits per heavy atom. The molecule has 0 spiro atoms. The highest BCUT2D eigenvalue weighted by atomic mass is 31.1. The lowest BCUT2D eigenvalue weighted by atomic mass is 9.84. The topological polar surface area (TPSA) is 29.5 Å². The third kappa shape index (κ3) is 3.24. The number of aryl methyl sites for hydroxylation is 5. The first-order valence-electron chi connectivity index (χ1n) is 13.1. The Morgan fingerprint density at radius 3 is 1.91 bits per heavy atom. The van der Waals surface area contributed by atoms with Gasteiger partial charge in [0.25, 0.3) is 0 Å². The van der Waals surface area contributed by atoms with E-state index in [-0.39, 0.29) is 0 Å². The molecule has 0 bridgehead atoms. The molecule has 174 valence electrons. The number of para-hydroxylation sites is 1. The summed E-state index contributed by atoms with van der Waals surface area (Å²) in [5.41, 5.74) is 10.8. The van der Waals surface area contributed by atoms with Gasteiger partial charge in [-0.1, -0.05) is 30.3 Å². The Bertz CT molecular complexity index is 1380. The zero-order valence-electron chi connectivity index (χ0n) is 20.0. The number of hydrogen-bond donors (Lipinski definition) is 0. The highest BCUT2D eigenvalue weighted by molar-refractivity contribution is 7.39. The highest BCUT2D eigenvalue weighted by Crippen LogP contribution is 2.48. The third-order valence-electron chi connectivity index (χ3n) is 8.26. The Kier molecular flexibility index (Phi) is 5.02. The molecule has 0 radical (unpaired) electrons. The molecule has 34 heavy (non-hydrogen) atoms. The number of nitrogens with zero attached hydrogens (tertiary/aromatic N) is 1. The van der Waals surface area contributed by atoms with E-state index >= 15 is 0 Å². The fraction of sp³-hybridized carbons (Fsp3) is 0.400. The van der Waals surface area contributed by atoms with Crippen molar-refractivity contribution in [1.29, 1.82) is 0 Å². The van der Waals surface area contributed by atoms with Gasteiger partial charge in [0.1, 0.15) is 11.2 Å². The van der Waals surface area contributed by atoms with Crippen molar-refractivity contribution in [2.24, 2.45) is 0 Å². The molecule has 1 atom stereocenters. The van der Waals surface area contributed by atoms with Crippen molar-refractivity contribution in [1.82, 2.24) is 0 Å². The van der Waals surface area contributed by atoms with Crippen LogP contribution >= 0.6 is 8.16 Å². The molecule has 0 saturated carbocycles. The average Bonchev–Trinajstić information content (AvgIpc) is 3.05. The Labute approximate surface area is 202 Å². The second-order valence-electron chi connectivity index (χ2n) is 10.3. The fourth-order valence-corrected chi connectivity index (χ4v) is 8.17. The Balaban J connectivity index is 1.59. The molecule has 4 aromatic rings. The van der Waals surface area contributed by atoms with Gasteiger partial charge in [0, 0.05) is 16.8 Å². The van der Waals surface area contributed by atoms with E-state index in [1.165, 1.54) is 82.8 Å². The van der Waals surface area contributed by atoms with E-state index in [0.29, 0.717) is 6.04 Å². The largest absolute Gasteiger partial charge is 0.404 e. The third-order valence-corrected chi connectivity index (χ3v) is 9.92. The average molecular weight is 470 g/mol. The van der Waals surface area contributed by atoms with Gasteiger partial charge in [0.2, 0.25) is 0 Å². The number of hydrogen-bond acceptors (Lipinski definition) is 3. The van der Waals surface area contributed by atoms with Crippen molar-refractivity contribution >= 4 is 35.8 Å². The van der Waals surface area contributed by atoms with Crippen LogP contribution in [0.3, 0.4) is 0 Å². The van der Waals surface area contributed by atoms with Crippen LogP contribution in [0, 0.1) is 0 Å². The maximum Gasteiger partial charge on any atom is 0.341 e. The minimum atomic E-state index is -1.31. The van der Waals surface area contributed by atoms with Crippen LogP contribution in [0.2, 0.25) is 0 Å².